The zero-order chi connectivity index (χ0) is 16.8. The zero-order valence-corrected chi connectivity index (χ0v) is 13.4. The highest BCUT2D eigenvalue weighted by Crippen LogP contribution is 2.26. The molecule has 0 N–H and O–H groups in total. The monoisotopic (exact) mass is 322 g/mol. The number of hydrogen-bond acceptors (Lipinski definition) is 2. The molecule has 3 nitrogen and oxygen atoms in total. The van der Waals surface area contributed by atoms with E-state index in [9.17, 15) is 4.79 Å². The lowest BCUT2D eigenvalue weighted by Crippen LogP contribution is -2.19. The molecule has 3 aromatic carbocycles. The lowest BCUT2D eigenvalue weighted by Gasteiger charge is -2.13. The van der Waals surface area contributed by atoms with Crippen LogP contribution in [0.4, 0.5) is 0 Å². The van der Waals surface area contributed by atoms with Crippen molar-refractivity contribution in [2.45, 2.75) is 0 Å². The fourth-order valence-electron chi connectivity index (χ4n) is 3.42. The van der Waals surface area contributed by atoms with Gasteiger partial charge in [-0.05, 0) is 30.3 Å². The Morgan fingerprint density at radius 1 is 0.720 bits per heavy atom. The van der Waals surface area contributed by atoms with Crippen molar-refractivity contribution in [3.63, 3.8) is 0 Å². The van der Waals surface area contributed by atoms with Crippen LogP contribution in [0.2, 0.25) is 0 Å². The van der Waals surface area contributed by atoms with Gasteiger partial charge in [-0.25, -0.2) is 4.98 Å². The molecular formula is C22H14N2O. The van der Waals surface area contributed by atoms with Crippen LogP contribution in [0, 0.1) is 0 Å². The molecule has 0 spiro atoms. The fraction of sp³-hybridized carbons (Fsp3) is 0. The van der Waals surface area contributed by atoms with Gasteiger partial charge in [0.25, 0.3) is 5.56 Å². The average Bonchev–Trinajstić information content (AvgIpc) is 2.68. The second-order valence-corrected chi connectivity index (χ2v) is 6.07. The van der Waals surface area contributed by atoms with E-state index in [2.05, 4.69) is 0 Å². The normalized spacial score (nSPS) is 11.4. The maximum Gasteiger partial charge on any atom is 0.265 e. The van der Waals surface area contributed by atoms with Gasteiger partial charge in [-0.2, -0.15) is 0 Å². The summed E-state index contributed by atoms with van der Waals surface area (Å²) in [7, 11) is 0. The molecule has 0 aliphatic heterocycles. The standard InChI is InChI=1S/C22H14N2O/c25-22-18-14-15-8-4-6-12-19(15)23-21(18)17-11-5-7-13-20(17)24(22)16-9-2-1-3-10-16/h1-14H. The van der Waals surface area contributed by atoms with Crippen LogP contribution in [0.1, 0.15) is 0 Å². The summed E-state index contributed by atoms with van der Waals surface area (Å²) in [4.78, 5) is 18.1. The van der Waals surface area contributed by atoms with Crippen LogP contribution in [-0.2, 0) is 0 Å². The largest absolute Gasteiger partial charge is 0.276 e. The van der Waals surface area contributed by atoms with E-state index in [1.807, 2.05) is 84.9 Å². The second kappa shape index (κ2) is 5.28. The van der Waals surface area contributed by atoms with Crippen LogP contribution in [0.25, 0.3) is 38.4 Å². The molecule has 0 aliphatic rings. The molecule has 2 aromatic heterocycles. The smallest absolute Gasteiger partial charge is 0.265 e. The number of hydrogen-bond donors (Lipinski definition) is 0. The first-order chi connectivity index (χ1) is 12.3. The predicted octanol–water partition coefficient (Wildman–Crippen LogP) is 4.69. The number of para-hydroxylation sites is 3. The van der Waals surface area contributed by atoms with Crippen molar-refractivity contribution in [2.75, 3.05) is 0 Å². The summed E-state index contributed by atoms with van der Waals surface area (Å²) in [6.45, 7) is 0. The second-order valence-electron chi connectivity index (χ2n) is 6.07. The molecule has 0 fully saturated rings. The molecule has 0 saturated heterocycles. The van der Waals surface area contributed by atoms with Crippen LogP contribution in [0.15, 0.2) is 89.7 Å². The van der Waals surface area contributed by atoms with E-state index >= 15 is 0 Å². The first-order valence-electron chi connectivity index (χ1n) is 8.21. The Morgan fingerprint density at radius 2 is 1.44 bits per heavy atom. The number of rotatable bonds is 1. The van der Waals surface area contributed by atoms with E-state index in [1.54, 1.807) is 4.57 Å². The van der Waals surface area contributed by atoms with E-state index < -0.39 is 0 Å². The van der Waals surface area contributed by atoms with Crippen LogP contribution in [0.5, 0.6) is 0 Å². The first-order valence-corrected chi connectivity index (χ1v) is 8.21. The Labute approximate surface area is 143 Å². The van der Waals surface area contributed by atoms with Crippen LogP contribution >= 0.6 is 0 Å². The summed E-state index contributed by atoms with van der Waals surface area (Å²) in [5, 5.41) is 2.59. The molecule has 0 amide bonds. The van der Waals surface area contributed by atoms with Gasteiger partial charge in [0.2, 0.25) is 0 Å². The molecule has 2 heterocycles. The van der Waals surface area contributed by atoms with Crippen LogP contribution < -0.4 is 5.56 Å². The van der Waals surface area contributed by atoms with Gasteiger partial charge in [0.15, 0.2) is 0 Å². The number of benzene rings is 3. The van der Waals surface area contributed by atoms with Crippen molar-refractivity contribution >= 4 is 32.7 Å². The highest BCUT2D eigenvalue weighted by molar-refractivity contribution is 6.07. The summed E-state index contributed by atoms with van der Waals surface area (Å²) in [6, 6.07) is 27.5. The van der Waals surface area contributed by atoms with Gasteiger partial charge in [0.1, 0.15) is 0 Å². The Hall–Kier alpha value is -3.46. The molecule has 5 rings (SSSR count). The van der Waals surface area contributed by atoms with E-state index in [0.29, 0.717) is 5.39 Å². The van der Waals surface area contributed by atoms with E-state index in [0.717, 1.165) is 33.0 Å². The summed E-state index contributed by atoms with van der Waals surface area (Å²) < 4.78 is 1.77. The molecule has 3 heteroatoms. The van der Waals surface area contributed by atoms with Gasteiger partial charge in [-0.3, -0.25) is 9.36 Å². The average molecular weight is 322 g/mol. The zero-order valence-electron chi connectivity index (χ0n) is 13.4. The molecule has 0 bridgehead atoms. The SMILES string of the molecule is O=c1c2cc3ccccc3nc2c2ccccc2n1-c1ccccc1. The highest BCUT2D eigenvalue weighted by atomic mass is 16.1. The van der Waals surface area contributed by atoms with Gasteiger partial charge >= 0.3 is 0 Å². The van der Waals surface area contributed by atoms with Gasteiger partial charge in [0, 0.05) is 16.5 Å². The number of fused-ring (bicyclic) bond motifs is 4. The predicted molar refractivity (Wildman–Crippen MR) is 102 cm³/mol. The minimum atomic E-state index is -0.0434. The van der Waals surface area contributed by atoms with Gasteiger partial charge in [-0.1, -0.05) is 54.6 Å². The Balaban J connectivity index is 2.05. The molecule has 0 saturated carbocycles. The maximum absolute atomic E-state index is 13.3. The summed E-state index contributed by atoms with van der Waals surface area (Å²) >= 11 is 0. The third-order valence-electron chi connectivity index (χ3n) is 4.57. The lowest BCUT2D eigenvalue weighted by atomic mass is 10.1. The maximum atomic E-state index is 13.3. The molecule has 0 radical (unpaired) electrons. The minimum absolute atomic E-state index is 0.0434. The van der Waals surface area contributed by atoms with Crippen molar-refractivity contribution in [3.8, 4) is 5.69 Å². The highest BCUT2D eigenvalue weighted by Gasteiger charge is 2.13. The van der Waals surface area contributed by atoms with Gasteiger partial charge < -0.3 is 0 Å². The van der Waals surface area contributed by atoms with Crippen molar-refractivity contribution in [1.82, 2.24) is 9.55 Å². The van der Waals surface area contributed by atoms with Gasteiger partial charge in [-0.15, -0.1) is 0 Å². The summed E-state index contributed by atoms with van der Waals surface area (Å²) in [5.74, 6) is 0. The third-order valence-corrected chi connectivity index (χ3v) is 4.57. The topological polar surface area (TPSA) is 34.9 Å². The molecule has 25 heavy (non-hydrogen) atoms. The van der Waals surface area contributed by atoms with Crippen molar-refractivity contribution < 1.29 is 0 Å². The first kappa shape index (κ1) is 13.9. The third kappa shape index (κ3) is 2.06. The summed E-state index contributed by atoms with van der Waals surface area (Å²) in [5.41, 5.74) is 3.34. The molecule has 0 atom stereocenters. The molecular weight excluding hydrogens is 308 g/mol. The molecule has 118 valence electrons. The van der Waals surface area contributed by atoms with E-state index in [1.165, 1.54) is 0 Å². The number of nitrogens with zero attached hydrogens (tertiary/aromatic N) is 2. The van der Waals surface area contributed by atoms with Crippen molar-refractivity contribution in [2.24, 2.45) is 0 Å². The van der Waals surface area contributed by atoms with E-state index in [-0.39, 0.29) is 5.56 Å². The number of pyridine rings is 2. The molecule has 5 aromatic rings. The summed E-state index contributed by atoms with van der Waals surface area (Å²) in [6.07, 6.45) is 0. The lowest BCUT2D eigenvalue weighted by molar-refractivity contribution is 1.06. The number of aromatic nitrogens is 2. The minimum Gasteiger partial charge on any atom is -0.276 e. The van der Waals surface area contributed by atoms with Crippen LogP contribution in [-0.4, -0.2) is 9.55 Å². The molecule has 0 unspecified atom stereocenters. The van der Waals surface area contributed by atoms with E-state index in [4.69, 9.17) is 4.98 Å². The Bertz CT molecular complexity index is 1300. The quantitative estimate of drug-likeness (QED) is 0.331. The fourth-order valence-corrected chi connectivity index (χ4v) is 3.42. The van der Waals surface area contributed by atoms with Crippen molar-refractivity contribution in [3.05, 3.63) is 95.3 Å². The molecule has 0 aliphatic carbocycles. The van der Waals surface area contributed by atoms with Crippen LogP contribution in [0.3, 0.4) is 0 Å². The van der Waals surface area contributed by atoms with Crippen molar-refractivity contribution in [1.29, 1.82) is 0 Å². The van der Waals surface area contributed by atoms with Gasteiger partial charge in [0.05, 0.1) is 21.9 Å². The Morgan fingerprint density at radius 3 is 2.32 bits per heavy atom. The Kier molecular flexibility index (Phi) is 2.94.